The van der Waals surface area contributed by atoms with Crippen LogP contribution in [0.4, 0.5) is 11.4 Å². The third kappa shape index (κ3) is 7.13. The number of carbonyl (C=O) groups is 3. The Morgan fingerprint density at radius 3 is 2.28 bits per heavy atom. The lowest BCUT2D eigenvalue weighted by molar-refractivity contribution is -0.114. The SMILES string of the molecule is COC(=O)c1sccc1NC(=O)CSc1ccccc1NC(=O)CSc1ccc(Br)cc1. The summed E-state index contributed by atoms with van der Waals surface area (Å²) in [5.41, 5.74) is 1.08. The maximum absolute atomic E-state index is 12.4. The number of ether oxygens (including phenoxy) is 1. The molecule has 0 atom stereocenters. The maximum Gasteiger partial charge on any atom is 0.350 e. The van der Waals surface area contributed by atoms with Crippen LogP contribution in [0.1, 0.15) is 9.67 Å². The molecule has 0 aliphatic rings. The molecule has 32 heavy (non-hydrogen) atoms. The van der Waals surface area contributed by atoms with E-state index in [4.69, 9.17) is 4.74 Å². The van der Waals surface area contributed by atoms with Crippen molar-refractivity contribution in [1.29, 1.82) is 0 Å². The van der Waals surface area contributed by atoms with E-state index in [1.165, 1.54) is 42.0 Å². The summed E-state index contributed by atoms with van der Waals surface area (Å²) in [5, 5.41) is 7.36. The molecule has 0 saturated heterocycles. The molecule has 10 heteroatoms. The summed E-state index contributed by atoms with van der Waals surface area (Å²) >= 11 is 7.35. The largest absolute Gasteiger partial charge is 0.465 e. The fraction of sp³-hybridized carbons (Fsp3) is 0.136. The number of carbonyl (C=O) groups excluding carboxylic acids is 3. The van der Waals surface area contributed by atoms with Gasteiger partial charge in [-0.1, -0.05) is 28.1 Å². The standard InChI is InChI=1S/C22H19BrN2O4S3/c1-29-22(28)21-17(10-11-30-21)25-20(27)13-32-18-5-3-2-4-16(18)24-19(26)12-31-15-8-6-14(23)7-9-15/h2-11H,12-13H2,1H3,(H,24,26)(H,25,27). The number of anilines is 2. The Balaban J connectivity index is 1.54. The first-order valence-electron chi connectivity index (χ1n) is 9.32. The van der Waals surface area contributed by atoms with Crippen LogP contribution in [-0.2, 0) is 14.3 Å². The van der Waals surface area contributed by atoms with Crippen LogP contribution >= 0.6 is 50.8 Å². The lowest BCUT2D eigenvalue weighted by Crippen LogP contribution is -2.17. The van der Waals surface area contributed by atoms with E-state index >= 15 is 0 Å². The highest BCUT2D eigenvalue weighted by Crippen LogP contribution is 2.29. The molecule has 0 saturated carbocycles. The summed E-state index contributed by atoms with van der Waals surface area (Å²) in [7, 11) is 1.30. The minimum Gasteiger partial charge on any atom is -0.465 e. The van der Waals surface area contributed by atoms with Crippen molar-refractivity contribution >= 4 is 79.9 Å². The van der Waals surface area contributed by atoms with E-state index in [9.17, 15) is 14.4 Å². The molecule has 0 fully saturated rings. The number of methoxy groups -OCH3 is 1. The summed E-state index contributed by atoms with van der Waals surface area (Å²) in [6, 6.07) is 16.7. The molecule has 2 aromatic carbocycles. The Hall–Kier alpha value is -2.27. The van der Waals surface area contributed by atoms with Gasteiger partial charge in [-0.2, -0.15) is 0 Å². The minimum atomic E-state index is -0.489. The van der Waals surface area contributed by atoms with Gasteiger partial charge < -0.3 is 15.4 Å². The first-order valence-corrected chi connectivity index (χ1v) is 13.0. The van der Waals surface area contributed by atoms with Crippen molar-refractivity contribution in [3.63, 3.8) is 0 Å². The Bertz CT molecular complexity index is 1100. The smallest absolute Gasteiger partial charge is 0.350 e. The summed E-state index contributed by atoms with van der Waals surface area (Å²) in [6.45, 7) is 0. The van der Waals surface area contributed by atoms with E-state index in [2.05, 4.69) is 26.6 Å². The van der Waals surface area contributed by atoms with Gasteiger partial charge in [-0.05, 0) is 47.8 Å². The molecule has 3 aromatic rings. The van der Waals surface area contributed by atoms with Gasteiger partial charge in [0.1, 0.15) is 4.88 Å². The first-order chi connectivity index (χ1) is 15.5. The van der Waals surface area contributed by atoms with E-state index in [0.717, 1.165) is 14.3 Å². The van der Waals surface area contributed by atoms with E-state index in [0.29, 0.717) is 16.3 Å². The predicted molar refractivity (Wildman–Crippen MR) is 135 cm³/mol. The minimum absolute atomic E-state index is 0.122. The maximum atomic E-state index is 12.4. The van der Waals surface area contributed by atoms with Crippen molar-refractivity contribution in [3.05, 3.63) is 69.3 Å². The Labute approximate surface area is 206 Å². The third-order valence-corrected chi connectivity index (χ3v) is 7.52. The van der Waals surface area contributed by atoms with Gasteiger partial charge in [0.15, 0.2) is 0 Å². The molecule has 0 aliphatic heterocycles. The number of para-hydroxylation sites is 1. The quantitative estimate of drug-likeness (QED) is 0.260. The van der Waals surface area contributed by atoms with E-state index < -0.39 is 5.97 Å². The number of hydrogen-bond donors (Lipinski definition) is 2. The van der Waals surface area contributed by atoms with Crippen LogP contribution in [-0.4, -0.2) is 36.4 Å². The van der Waals surface area contributed by atoms with Gasteiger partial charge in [0.2, 0.25) is 11.8 Å². The molecule has 0 unspecified atom stereocenters. The van der Waals surface area contributed by atoms with Crippen molar-refractivity contribution < 1.29 is 19.1 Å². The van der Waals surface area contributed by atoms with E-state index in [-0.39, 0.29) is 23.3 Å². The summed E-state index contributed by atoms with van der Waals surface area (Å²) < 4.78 is 5.71. The van der Waals surface area contributed by atoms with E-state index in [1.807, 2.05) is 42.5 Å². The monoisotopic (exact) mass is 550 g/mol. The lowest BCUT2D eigenvalue weighted by atomic mass is 10.3. The highest BCUT2D eigenvalue weighted by Gasteiger charge is 2.16. The van der Waals surface area contributed by atoms with Crippen molar-refractivity contribution in [2.24, 2.45) is 0 Å². The fourth-order valence-electron chi connectivity index (χ4n) is 2.55. The summed E-state index contributed by atoms with van der Waals surface area (Å²) in [5.74, 6) is -0.481. The predicted octanol–water partition coefficient (Wildman–Crippen LogP) is 5.76. The molecule has 0 bridgehead atoms. The number of nitrogens with one attached hydrogen (secondary N) is 2. The Morgan fingerprint density at radius 2 is 1.56 bits per heavy atom. The highest BCUT2D eigenvalue weighted by atomic mass is 79.9. The second-order valence-corrected chi connectivity index (χ2v) is 10.2. The third-order valence-electron chi connectivity index (χ3n) is 4.01. The zero-order valence-corrected chi connectivity index (χ0v) is 21.0. The molecule has 3 rings (SSSR count). The number of amides is 2. The van der Waals surface area contributed by atoms with Crippen molar-refractivity contribution in [1.82, 2.24) is 0 Å². The van der Waals surface area contributed by atoms with Gasteiger partial charge in [0.05, 0.1) is 30.0 Å². The molecule has 1 aromatic heterocycles. The summed E-state index contributed by atoms with van der Waals surface area (Å²) in [4.78, 5) is 38.7. The van der Waals surface area contributed by atoms with Gasteiger partial charge in [0, 0.05) is 14.3 Å². The number of halogens is 1. The van der Waals surface area contributed by atoms with Gasteiger partial charge in [-0.3, -0.25) is 9.59 Å². The molecule has 0 radical (unpaired) electrons. The normalized spacial score (nSPS) is 10.4. The van der Waals surface area contributed by atoms with Crippen molar-refractivity contribution in [2.45, 2.75) is 9.79 Å². The van der Waals surface area contributed by atoms with Gasteiger partial charge in [0.25, 0.3) is 0 Å². The second kappa shape index (κ2) is 12.1. The number of rotatable bonds is 9. The number of esters is 1. The molecule has 2 N–H and O–H groups in total. The summed E-state index contributed by atoms with van der Waals surface area (Å²) in [6.07, 6.45) is 0. The molecule has 1 heterocycles. The van der Waals surface area contributed by atoms with Crippen LogP contribution in [0.2, 0.25) is 0 Å². The van der Waals surface area contributed by atoms with Crippen LogP contribution in [0, 0.1) is 0 Å². The zero-order chi connectivity index (χ0) is 22.9. The zero-order valence-electron chi connectivity index (χ0n) is 16.9. The molecule has 6 nitrogen and oxygen atoms in total. The topological polar surface area (TPSA) is 84.5 Å². The van der Waals surface area contributed by atoms with E-state index in [1.54, 1.807) is 17.5 Å². The second-order valence-electron chi connectivity index (χ2n) is 6.28. The first kappa shape index (κ1) is 24.4. The number of hydrogen-bond acceptors (Lipinski definition) is 7. The van der Waals surface area contributed by atoms with Gasteiger partial charge >= 0.3 is 5.97 Å². The van der Waals surface area contributed by atoms with Crippen LogP contribution in [0.15, 0.2) is 74.2 Å². The average Bonchev–Trinajstić information content (AvgIpc) is 3.25. The van der Waals surface area contributed by atoms with Crippen LogP contribution < -0.4 is 10.6 Å². The lowest BCUT2D eigenvalue weighted by Gasteiger charge is -2.11. The number of thioether (sulfide) groups is 2. The van der Waals surface area contributed by atoms with Crippen LogP contribution in [0.3, 0.4) is 0 Å². The van der Waals surface area contributed by atoms with Crippen molar-refractivity contribution in [2.75, 3.05) is 29.2 Å². The Morgan fingerprint density at radius 1 is 0.906 bits per heavy atom. The van der Waals surface area contributed by atoms with Crippen molar-refractivity contribution in [3.8, 4) is 0 Å². The molecular weight excluding hydrogens is 532 g/mol. The number of thiophene rings is 1. The van der Waals surface area contributed by atoms with Gasteiger partial charge in [-0.25, -0.2) is 4.79 Å². The molecule has 2 amide bonds. The molecule has 0 aliphatic carbocycles. The Kier molecular flexibility index (Phi) is 9.22. The average molecular weight is 552 g/mol. The van der Waals surface area contributed by atoms with Crippen LogP contribution in [0.25, 0.3) is 0 Å². The molecule has 0 spiro atoms. The van der Waals surface area contributed by atoms with Gasteiger partial charge in [-0.15, -0.1) is 34.9 Å². The highest BCUT2D eigenvalue weighted by molar-refractivity contribution is 9.10. The number of benzene rings is 2. The fourth-order valence-corrected chi connectivity index (χ4v) is 5.09. The molecular formula is C22H19BrN2O4S3. The van der Waals surface area contributed by atoms with Crippen LogP contribution in [0.5, 0.6) is 0 Å². The molecule has 166 valence electrons.